The summed E-state index contributed by atoms with van der Waals surface area (Å²) >= 11 is 0. The van der Waals surface area contributed by atoms with Crippen LogP contribution in [0.4, 0.5) is 5.69 Å². The first-order chi connectivity index (χ1) is 11.5. The van der Waals surface area contributed by atoms with E-state index in [1.165, 1.54) is 6.92 Å². The first-order valence-electron chi connectivity index (χ1n) is 8.22. The van der Waals surface area contributed by atoms with Crippen molar-refractivity contribution in [2.24, 2.45) is 5.92 Å². The van der Waals surface area contributed by atoms with E-state index in [0.717, 1.165) is 23.0 Å². The molecule has 3 N–H and O–H groups in total. The van der Waals surface area contributed by atoms with E-state index in [4.69, 9.17) is 0 Å². The molecule has 2 aromatic rings. The van der Waals surface area contributed by atoms with Gasteiger partial charge in [-0.05, 0) is 24.1 Å². The molecule has 0 aliphatic carbocycles. The van der Waals surface area contributed by atoms with Crippen LogP contribution in [-0.2, 0) is 16.1 Å². The molecule has 0 aliphatic heterocycles. The van der Waals surface area contributed by atoms with Crippen LogP contribution in [0.25, 0.3) is 10.9 Å². The first kappa shape index (κ1) is 18.0. The lowest BCUT2D eigenvalue weighted by molar-refractivity contribution is -0.123. The number of carbonyl (C=O) groups excluding carboxylic acids is 2. The molecule has 2 rings (SSSR count). The fourth-order valence-electron chi connectivity index (χ4n) is 2.72. The van der Waals surface area contributed by atoms with Crippen molar-refractivity contribution in [3.63, 3.8) is 0 Å². The van der Waals surface area contributed by atoms with E-state index in [1.54, 1.807) is 0 Å². The second-order valence-corrected chi connectivity index (χ2v) is 6.11. The highest BCUT2D eigenvalue weighted by Gasteiger charge is 2.18. The Kier molecular flexibility index (Phi) is 5.98. The number of fused-ring (bicyclic) bond motifs is 1. The van der Waals surface area contributed by atoms with E-state index in [2.05, 4.69) is 10.6 Å². The number of hydrogen-bond acceptors (Lipinski definition) is 3. The Bertz CT molecular complexity index is 723. The third-order valence-electron chi connectivity index (χ3n) is 4.31. The Labute approximate surface area is 141 Å². The Morgan fingerprint density at radius 2 is 2.04 bits per heavy atom. The number of amides is 2. The molecule has 1 heterocycles. The van der Waals surface area contributed by atoms with Crippen LogP contribution in [0.2, 0.25) is 0 Å². The van der Waals surface area contributed by atoms with E-state index in [9.17, 15) is 14.7 Å². The maximum Gasteiger partial charge on any atom is 0.240 e. The van der Waals surface area contributed by atoms with Crippen molar-refractivity contribution >= 4 is 28.4 Å². The predicted molar refractivity (Wildman–Crippen MR) is 94.7 cm³/mol. The number of aliphatic hydroxyl groups is 1. The van der Waals surface area contributed by atoms with Crippen LogP contribution in [0.15, 0.2) is 30.5 Å². The molecule has 1 aromatic heterocycles. The standard InChI is InChI=1S/C18H25N3O3/c1-4-12(2)16(11-22)20-18(24)10-21-9-8-14-15(19-13(3)23)6-5-7-17(14)21/h5-9,12,16,22H,4,10-11H2,1-3H3,(H,19,23)(H,20,24)/t12-,16-/m0/s1. The highest BCUT2D eigenvalue weighted by atomic mass is 16.3. The summed E-state index contributed by atoms with van der Waals surface area (Å²) in [6, 6.07) is 7.23. The number of carbonyl (C=O) groups is 2. The smallest absolute Gasteiger partial charge is 0.240 e. The van der Waals surface area contributed by atoms with Gasteiger partial charge in [0.25, 0.3) is 0 Å². The van der Waals surface area contributed by atoms with E-state index < -0.39 is 0 Å². The average Bonchev–Trinajstić information content (AvgIpc) is 2.95. The topological polar surface area (TPSA) is 83.4 Å². The lowest BCUT2D eigenvalue weighted by Gasteiger charge is -2.22. The van der Waals surface area contributed by atoms with Crippen molar-refractivity contribution in [3.8, 4) is 0 Å². The number of rotatable bonds is 7. The minimum absolute atomic E-state index is 0.0696. The molecule has 130 valence electrons. The van der Waals surface area contributed by atoms with Crippen molar-refractivity contribution in [2.45, 2.75) is 39.8 Å². The lowest BCUT2D eigenvalue weighted by Crippen LogP contribution is -2.43. The Morgan fingerprint density at radius 1 is 1.29 bits per heavy atom. The van der Waals surface area contributed by atoms with Crippen LogP contribution in [0.1, 0.15) is 27.2 Å². The summed E-state index contributed by atoms with van der Waals surface area (Å²) in [5.74, 6) is -0.0594. The SMILES string of the molecule is CC[C@H](C)[C@H](CO)NC(=O)Cn1ccc2c(NC(C)=O)cccc21. The predicted octanol–water partition coefficient (Wildman–Crippen LogP) is 2.12. The normalized spacial score (nSPS) is 13.5. The van der Waals surface area contributed by atoms with Gasteiger partial charge in [-0.3, -0.25) is 9.59 Å². The number of nitrogens with one attached hydrogen (secondary N) is 2. The van der Waals surface area contributed by atoms with Gasteiger partial charge >= 0.3 is 0 Å². The number of nitrogens with zero attached hydrogens (tertiary/aromatic N) is 1. The monoisotopic (exact) mass is 331 g/mol. The molecule has 0 fully saturated rings. The number of benzene rings is 1. The van der Waals surface area contributed by atoms with Gasteiger partial charge in [0.15, 0.2) is 0 Å². The third-order valence-corrected chi connectivity index (χ3v) is 4.31. The highest BCUT2D eigenvalue weighted by molar-refractivity contribution is 6.01. The Balaban J connectivity index is 2.15. The summed E-state index contributed by atoms with van der Waals surface area (Å²) in [5.41, 5.74) is 1.60. The molecular formula is C18H25N3O3. The van der Waals surface area contributed by atoms with Crippen molar-refractivity contribution in [3.05, 3.63) is 30.5 Å². The molecule has 0 bridgehead atoms. The minimum Gasteiger partial charge on any atom is -0.394 e. The molecule has 6 heteroatoms. The van der Waals surface area contributed by atoms with Crippen LogP contribution in [0, 0.1) is 5.92 Å². The summed E-state index contributed by atoms with van der Waals surface area (Å²) in [6.45, 7) is 5.60. The zero-order valence-corrected chi connectivity index (χ0v) is 14.4. The fraction of sp³-hybridized carbons (Fsp3) is 0.444. The molecule has 0 saturated heterocycles. The number of aliphatic hydroxyl groups excluding tert-OH is 1. The highest BCUT2D eigenvalue weighted by Crippen LogP contribution is 2.24. The van der Waals surface area contributed by atoms with Gasteiger partial charge in [0.1, 0.15) is 6.54 Å². The number of anilines is 1. The largest absolute Gasteiger partial charge is 0.394 e. The Morgan fingerprint density at radius 3 is 2.67 bits per heavy atom. The van der Waals surface area contributed by atoms with Crippen LogP contribution >= 0.6 is 0 Å². The van der Waals surface area contributed by atoms with Crippen molar-refractivity contribution in [2.75, 3.05) is 11.9 Å². The van der Waals surface area contributed by atoms with Gasteiger partial charge in [-0.1, -0.05) is 26.3 Å². The van der Waals surface area contributed by atoms with Gasteiger partial charge in [-0.25, -0.2) is 0 Å². The Hall–Kier alpha value is -2.34. The van der Waals surface area contributed by atoms with Gasteiger partial charge < -0.3 is 20.3 Å². The molecule has 24 heavy (non-hydrogen) atoms. The minimum atomic E-state index is -0.237. The van der Waals surface area contributed by atoms with Crippen LogP contribution in [0.3, 0.4) is 0 Å². The summed E-state index contributed by atoms with van der Waals surface area (Å²) in [5, 5.41) is 16.0. The second kappa shape index (κ2) is 7.97. The van der Waals surface area contributed by atoms with Crippen molar-refractivity contribution < 1.29 is 14.7 Å². The lowest BCUT2D eigenvalue weighted by atomic mass is 10.00. The molecular weight excluding hydrogens is 306 g/mol. The maximum atomic E-state index is 12.3. The molecule has 6 nitrogen and oxygen atoms in total. The first-order valence-corrected chi connectivity index (χ1v) is 8.22. The van der Waals surface area contributed by atoms with Crippen LogP contribution in [0.5, 0.6) is 0 Å². The third kappa shape index (κ3) is 4.14. The molecule has 0 aliphatic rings. The number of aromatic nitrogens is 1. The van der Waals surface area contributed by atoms with E-state index in [1.807, 2.05) is 48.9 Å². The molecule has 0 spiro atoms. The molecule has 0 unspecified atom stereocenters. The molecule has 2 amide bonds. The summed E-state index contributed by atoms with van der Waals surface area (Å²) in [6.07, 6.45) is 2.71. The van der Waals surface area contributed by atoms with Gasteiger partial charge in [-0.2, -0.15) is 0 Å². The van der Waals surface area contributed by atoms with Crippen LogP contribution in [-0.4, -0.2) is 34.1 Å². The van der Waals surface area contributed by atoms with Gasteiger partial charge in [-0.15, -0.1) is 0 Å². The molecule has 1 aromatic carbocycles. The number of hydrogen-bond donors (Lipinski definition) is 3. The molecule has 0 radical (unpaired) electrons. The van der Waals surface area contributed by atoms with E-state index in [0.29, 0.717) is 0 Å². The van der Waals surface area contributed by atoms with Crippen molar-refractivity contribution in [1.29, 1.82) is 0 Å². The van der Waals surface area contributed by atoms with Gasteiger partial charge in [0.2, 0.25) is 11.8 Å². The zero-order chi connectivity index (χ0) is 17.7. The summed E-state index contributed by atoms with van der Waals surface area (Å²) in [4.78, 5) is 23.6. The van der Waals surface area contributed by atoms with E-state index in [-0.39, 0.29) is 36.9 Å². The van der Waals surface area contributed by atoms with Crippen molar-refractivity contribution in [1.82, 2.24) is 9.88 Å². The average molecular weight is 331 g/mol. The second-order valence-electron chi connectivity index (χ2n) is 6.11. The van der Waals surface area contributed by atoms with Gasteiger partial charge in [0.05, 0.1) is 23.9 Å². The molecule has 0 saturated carbocycles. The van der Waals surface area contributed by atoms with Crippen LogP contribution < -0.4 is 10.6 Å². The summed E-state index contributed by atoms with van der Waals surface area (Å²) < 4.78 is 1.83. The fourth-order valence-corrected chi connectivity index (χ4v) is 2.72. The molecule has 2 atom stereocenters. The zero-order valence-electron chi connectivity index (χ0n) is 14.4. The maximum absolute atomic E-state index is 12.3. The van der Waals surface area contributed by atoms with Gasteiger partial charge in [0, 0.05) is 18.5 Å². The van der Waals surface area contributed by atoms with E-state index >= 15 is 0 Å². The summed E-state index contributed by atoms with van der Waals surface area (Å²) in [7, 11) is 0. The quantitative estimate of drug-likeness (QED) is 0.727.